The number of ether oxygens (including phenoxy) is 1. The number of rotatable bonds is 6. The van der Waals surface area contributed by atoms with E-state index in [9.17, 15) is 17.8 Å². The molecule has 1 aromatic heterocycles. The molecule has 1 fully saturated rings. The molecule has 2 aromatic carbocycles. The number of halogens is 2. The van der Waals surface area contributed by atoms with E-state index in [1.807, 2.05) is 0 Å². The minimum absolute atomic E-state index is 0.00342. The van der Waals surface area contributed by atoms with Crippen molar-refractivity contribution >= 4 is 28.2 Å². The van der Waals surface area contributed by atoms with E-state index in [-0.39, 0.29) is 19.5 Å². The highest BCUT2D eigenvalue weighted by Gasteiger charge is 2.31. The number of alkyl halides is 1. The van der Waals surface area contributed by atoms with Crippen LogP contribution in [0.2, 0.25) is 0 Å². The number of nitrogens with zero attached hydrogens (tertiary/aromatic N) is 2. The second kappa shape index (κ2) is 7.96. The fraction of sp³-hybridized carbons (Fsp3) is 0.238. The molecule has 29 heavy (non-hydrogen) atoms. The SMILES string of the molecule is Cc1c(Oc2ccnc3ccc(S(=O)N4CC(F)C4)cc23)ccc(CC=O)c1F. The fourth-order valence-electron chi connectivity index (χ4n) is 3.17. The molecule has 1 aliphatic rings. The first-order valence-corrected chi connectivity index (χ1v) is 10.2. The molecule has 1 atom stereocenters. The number of benzene rings is 2. The lowest BCUT2D eigenvalue weighted by atomic mass is 10.1. The van der Waals surface area contributed by atoms with Crippen molar-refractivity contribution in [3.8, 4) is 11.5 Å². The smallest absolute Gasteiger partial charge is 0.138 e. The van der Waals surface area contributed by atoms with Crippen molar-refractivity contribution in [2.75, 3.05) is 13.1 Å². The molecule has 0 aliphatic carbocycles. The average Bonchev–Trinajstić information content (AvgIpc) is 2.70. The third kappa shape index (κ3) is 3.77. The molecule has 8 heteroatoms. The van der Waals surface area contributed by atoms with E-state index >= 15 is 0 Å². The summed E-state index contributed by atoms with van der Waals surface area (Å²) in [5, 5.41) is 0.618. The monoisotopic (exact) mass is 416 g/mol. The number of aldehydes is 1. The average molecular weight is 416 g/mol. The van der Waals surface area contributed by atoms with Crippen LogP contribution in [0.5, 0.6) is 11.5 Å². The minimum Gasteiger partial charge on any atom is -0.456 e. The second-order valence-corrected chi connectivity index (χ2v) is 8.30. The van der Waals surface area contributed by atoms with Gasteiger partial charge in [0.15, 0.2) is 0 Å². The zero-order valence-corrected chi connectivity index (χ0v) is 16.4. The number of hydrogen-bond acceptors (Lipinski definition) is 4. The van der Waals surface area contributed by atoms with Gasteiger partial charge >= 0.3 is 0 Å². The van der Waals surface area contributed by atoms with E-state index in [0.29, 0.717) is 44.7 Å². The maximum Gasteiger partial charge on any atom is 0.138 e. The largest absolute Gasteiger partial charge is 0.456 e. The molecule has 4 rings (SSSR count). The molecule has 3 aromatic rings. The molecule has 2 heterocycles. The molecule has 0 radical (unpaired) electrons. The van der Waals surface area contributed by atoms with Gasteiger partial charge in [0.1, 0.15) is 40.8 Å². The van der Waals surface area contributed by atoms with Crippen LogP contribution in [0.4, 0.5) is 8.78 Å². The van der Waals surface area contributed by atoms with Gasteiger partial charge in [-0.25, -0.2) is 17.3 Å². The third-order valence-electron chi connectivity index (χ3n) is 4.85. The van der Waals surface area contributed by atoms with E-state index in [4.69, 9.17) is 4.74 Å². The summed E-state index contributed by atoms with van der Waals surface area (Å²) in [6.07, 6.45) is 1.28. The number of aromatic nitrogens is 1. The summed E-state index contributed by atoms with van der Waals surface area (Å²) >= 11 is 0. The van der Waals surface area contributed by atoms with E-state index in [1.165, 1.54) is 6.07 Å². The van der Waals surface area contributed by atoms with Crippen LogP contribution in [0.25, 0.3) is 10.9 Å². The Bertz CT molecular complexity index is 1120. The molecule has 0 saturated carbocycles. The van der Waals surface area contributed by atoms with Crippen molar-refractivity contribution in [2.24, 2.45) is 0 Å². The summed E-state index contributed by atoms with van der Waals surface area (Å²) in [4.78, 5) is 15.5. The Hall–Kier alpha value is -2.71. The number of pyridine rings is 1. The lowest BCUT2D eigenvalue weighted by Gasteiger charge is -2.32. The van der Waals surface area contributed by atoms with Gasteiger partial charge in [0.2, 0.25) is 0 Å². The summed E-state index contributed by atoms with van der Waals surface area (Å²) in [5.41, 5.74) is 1.23. The lowest BCUT2D eigenvalue weighted by molar-refractivity contribution is -0.107. The first-order chi connectivity index (χ1) is 14.0. The van der Waals surface area contributed by atoms with Gasteiger partial charge < -0.3 is 9.53 Å². The molecule has 1 saturated heterocycles. The van der Waals surface area contributed by atoms with Gasteiger partial charge in [0.25, 0.3) is 0 Å². The quantitative estimate of drug-likeness (QED) is 0.572. The maximum atomic E-state index is 14.5. The van der Waals surface area contributed by atoms with Gasteiger partial charge in [0, 0.05) is 36.7 Å². The van der Waals surface area contributed by atoms with Crippen molar-refractivity contribution < 1.29 is 22.5 Å². The Morgan fingerprint density at radius 1 is 1.24 bits per heavy atom. The molecule has 1 aliphatic heterocycles. The highest BCUT2D eigenvalue weighted by molar-refractivity contribution is 7.82. The molecule has 0 amide bonds. The summed E-state index contributed by atoms with van der Waals surface area (Å²) in [6.45, 7) is 1.87. The summed E-state index contributed by atoms with van der Waals surface area (Å²) < 4.78 is 47.7. The van der Waals surface area contributed by atoms with Crippen LogP contribution < -0.4 is 4.74 Å². The first-order valence-electron chi connectivity index (χ1n) is 9.07. The first kappa shape index (κ1) is 19.6. The maximum absolute atomic E-state index is 14.5. The molecule has 5 nitrogen and oxygen atoms in total. The molecule has 1 unspecified atom stereocenters. The van der Waals surface area contributed by atoms with E-state index in [1.54, 1.807) is 47.8 Å². The van der Waals surface area contributed by atoms with E-state index in [0.717, 1.165) is 0 Å². The Morgan fingerprint density at radius 3 is 2.76 bits per heavy atom. The Balaban J connectivity index is 1.69. The van der Waals surface area contributed by atoms with Gasteiger partial charge in [0.05, 0.1) is 10.4 Å². The van der Waals surface area contributed by atoms with Crippen LogP contribution in [0.1, 0.15) is 11.1 Å². The summed E-state index contributed by atoms with van der Waals surface area (Å²) in [6, 6.07) is 9.90. The number of fused-ring (bicyclic) bond motifs is 1. The zero-order chi connectivity index (χ0) is 20.5. The van der Waals surface area contributed by atoms with E-state index in [2.05, 4.69) is 4.98 Å². The van der Waals surface area contributed by atoms with Crippen LogP contribution in [-0.4, -0.2) is 39.0 Å². The highest BCUT2D eigenvalue weighted by Crippen LogP contribution is 2.34. The molecular weight excluding hydrogens is 398 g/mol. The van der Waals surface area contributed by atoms with Gasteiger partial charge in [-0.2, -0.15) is 0 Å². The van der Waals surface area contributed by atoms with Gasteiger partial charge in [-0.1, -0.05) is 6.07 Å². The van der Waals surface area contributed by atoms with Crippen LogP contribution in [-0.2, 0) is 22.2 Å². The van der Waals surface area contributed by atoms with Gasteiger partial charge in [-0.15, -0.1) is 0 Å². The Labute approximate surface area is 168 Å². The predicted molar refractivity (Wildman–Crippen MR) is 106 cm³/mol. The standard InChI is InChI=1S/C21H18F2N2O3S/c1-13-19(5-2-14(7-9-26)21(13)23)28-20-6-8-24-18-4-3-16(10-17(18)20)29(27)25-11-15(22)12-25/h2-6,8-10,15H,7,11-12H2,1H3. The number of carbonyl (C=O) groups is 1. The van der Waals surface area contributed by atoms with Crippen LogP contribution in [0.15, 0.2) is 47.5 Å². The second-order valence-electron chi connectivity index (χ2n) is 6.82. The lowest BCUT2D eigenvalue weighted by Crippen LogP contribution is -2.48. The normalized spacial score (nSPS) is 15.8. The fourth-order valence-corrected chi connectivity index (χ4v) is 4.47. The molecule has 0 N–H and O–H groups in total. The summed E-state index contributed by atoms with van der Waals surface area (Å²) in [5.74, 6) is 0.277. The van der Waals surface area contributed by atoms with Crippen molar-refractivity contribution in [3.63, 3.8) is 0 Å². The Morgan fingerprint density at radius 2 is 2.03 bits per heavy atom. The number of hydrogen-bond donors (Lipinski definition) is 0. The van der Waals surface area contributed by atoms with Gasteiger partial charge in [-0.05, 0) is 42.8 Å². The zero-order valence-electron chi connectivity index (χ0n) is 15.6. The highest BCUT2D eigenvalue weighted by atomic mass is 32.2. The molecule has 0 bridgehead atoms. The van der Waals surface area contributed by atoms with Crippen LogP contribution in [0.3, 0.4) is 0 Å². The van der Waals surface area contributed by atoms with Crippen molar-refractivity contribution in [3.05, 3.63) is 59.5 Å². The molecule has 0 spiro atoms. The minimum atomic E-state index is -1.47. The third-order valence-corrected chi connectivity index (χ3v) is 6.28. The van der Waals surface area contributed by atoms with E-state index < -0.39 is 23.0 Å². The van der Waals surface area contributed by atoms with Crippen LogP contribution in [0, 0.1) is 12.7 Å². The van der Waals surface area contributed by atoms with Crippen molar-refractivity contribution in [2.45, 2.75) is 24.4 Å². The predicted octanol–water partition coefficient (Wildman–Crippen LogP) is 3.89. The summed E-state index contributed by atoms with van der Waals surface area (Å²) in [7, 11) is -1.47. The van der Waals surface area contributed by atoms with Crippen molar-refractivity contribution in [1.82, 2.24) is 9.29 Å². The molecule has 150 valence electrons. The van der Waals surface area contributed by atoms with Crippen LogP contribution >= 0.6 is 0 Å². The van der Waals surface area contributed by atoms with Gasteiger partial charge in [-0.3, -0.25) is 4.98 Å². The van der Waals surface area contributed by atoms with Crippen molar-refractivity contribution in [1.29, 1.82) is 0 Å². The Kier molecular flexibility index (Phi) is 5.38. The molecular formula is C21H18F2N2O3S. The topological polar surface area (TPSA) is 59.5 Å². The number of carbonyl (C=O) groups excluding carboxylic acids is 1.